The predicted octanol–water partition coefficient (Wildman–Crippen LogP) is 0.0829. The number of amides is 7. The molecule has 0 saturated carbocycles. The summed E-state index contributed by atoms with van der Waals surface area (Å²) in [5.74, 6) is -15.1. The van der Waals surface area contributed by atoms with E-state index in [1.54, 1.807) is 20.1 Å². The second kappa shape index (κ2) is 29.6. The van der Waals surface area contributed by atoms with E-state index in [1.165, 1.54) is 19.9 Å². The number of benzene rings is 1. The van der Waals surface area contributed by atoms with Gasteiger partial charge in [0.2, 0.25) is 35.4 Å². The van der Waals surface area contributed by atoms with Gasteiger partial charge in [0.15, 0.2) is 0 Å². The highest BCUT2D eigenvalue weighted by molar-refractivity contribution is 6.00. The average Bonchev–Trinajstić information content (AvgIpc) is 3.33. The van der Waals surface area contributed by atoms with Crippen LogP contribution < -0.4 is 37.2 Å². The van der Waals surface area contributed by atoms with Gasteiger partial charge in [-0.1, -0.05) is 81.5 Å². The number of hydrogen-bond acceptors (Lipinski definition) is 14. The molecule has 2 rings (SSSR count). The summed E-state index contributed by atoms with van der Waals surface area (Å²) in [5.41, 5.74) is 1.14. The summed E-state index contributed by atoms with van der Waals surface area (Å²) in [5, 5.41) is 36.7. The molecule has 7 amide bonds. The minimum absolute atomic E-state index is 0.154. The molecule has 10 atom stereocenters. The second-order valence-electron chi connectivity index (χ2n) is 17.0. The average molecular weight is 998 g/mol. The number of methoxy groups -OCH3 is 3. The molecule has 1 aromatic rings. The van der Waals surface area contributed by atoms with Crippen molar-refractivity contribution in [1.29, 1.82) is 0 Å². The molecule has 1 aliphatic rings. The highest BCUT2D eigenvalue weighted by Gasteiger charge is 2.37. The maximum Gasteiger partial charge on any atom is 0.327 e. The molecular formula is C48H67N7O16. The molecule has 1 heterocycles. The van der Waals surface area contributed by atoms with Gasteiger partial charge >= 0.3 is 23.9 Å². The summed E-state index contributed by atoms with van der Waals surface area (Å²) in [6.07, 6.45) is 2.49. The SMILES string of the molecule is C=C1NC(=O)CC[C@H](C(=O)O)NC(=O)[C@@H](C)[C@H](/C=C/C(C)=C/[C@H](C)[C@H](Cc2ccccc2)OC)NC(=O)[C@H](CCC(=O)OC)NC(=O)[C@@H](C)[C@H](C(=O)O)NC(=O)[C@H](CCC(=O)OC)NC(=O)[C@@H](C)NC1=O. The van der Waals surface area contributed by atoms with E-state index in [0.717, 1.165) is 26.7 Å². The highest BCUT2D eigenvalue weighted by atomic mass is 16.5. The Morgan fingerprint density at radius 3 is 1.82 bits per heavy atom. The summed E-state index contributed by atoms with van der Waals surface area (Å²) in [4.78, 5) is 144. The second-order valence-corrected chi connectivity index (χ2v) is 17.0. The minimum atomic E-state index is -2.04. The topological polar surface area (TPSA) is 340 Å². The van der Waals surface area contributed by atoms with Crippen LogP contribution in [-0.4, -0.2) is 139 Å². The van der Waals surface area contributed by atoms with Gasteiger partial charge in [0.25, 0.3) is 5.91 Å². The van der Waals surface area contributed by atoms with Crippen molar-refractivity contribution in [2.45, 2.75) is 122 Å². The molecule has 0 spiro atoms. The van der Waals surface area contributed by atoms with Crippen LogP contribution in [0.4, 0.5) is 0 Å². The molecule has 0 aromatic heterocycles. The zero-order chi connectivity index (χ0) is 53.5. The lowest BCUT2D eigenvalue weighted by Crippen LogP contribution is -2.59. The zero-order valence-corrected chi connectivity index (χ0v) is 41.2. The Bertz CT molecular complexity index is 2180. The highest BCUT2D eigenvalue weighted by Crippen LogP contribution is 2.19. The molecule has 1 aliphatic heterocycles. The number of carboxylic acids is 2. The standard InChI is InChI=1S/C48H67N7O16/c1-25(23-26(2)36(69-7)24-31-13-11-10-12-14-31)15-16-32-27(3)41(59)54-35(47(65)66)17-20-37(56)49-29(5)43(61)50-30(6)44(62)53-34(19-22-39(58)71-9)46(64)55-40(48(67)68)28(4)42(60)52-33(45(63)51-32)18-21-38(57)70-8/h10-16,23,26-28,30,32-36,40H,5,17-22,24H2,1-4,6-9H3,(H,49,56)(H,50,61)(H,51,63)(H,52,60)(H,53,62)(H,54,59)(H,55,64)(H,65,66)(H,67,68)/b16-15+,25-23+/t26-,27-,28-,30+,32-,33-,34-,35+,36-,40+/m0/s1. The fraction of sp³-hybridized carbons (Fsp3) is 0.521. The first kappa shape index (κ1) is 59.7. The van der Waals surface area contributed by atoms with Crippen molar-refractivity contribution in [3.05, 3.63) is 72.0 Å². The minimum Gasteiger partial charge on any atom is -0.480 e. The van der Waals surface area contributed by atoms with Crippen molar-refractivity contribution >= 4 is 65.2 Å². The maximum absolute atomic E-state index is 14.3. The first-order valence-electron chi connectivity index (χ1n) is 22.8. The number of aliphatic carboxylic acids is 2. The van der Waals surface area contributed by atoms with Crippen molar-refractivity contribution in [3.8, 4) is 0 Å². The van der Waals surface area contributed by atoms with Crippen molar-refractivity contribution < 1.29 is 77.2 Å². The van der Waals surface area contributed by atoms with E-state index in [4.69, 9.17) is 9.47 Å². The molecule has 0 bridgehead atoms. The lowest BCUT2D eigenvalue weighted by Gasteiger charge is -2.28. The zero-order valence-electron chi connectivity index (χ0n) is 41.2. The van der Waals surface area contributed by atoms with Gasteiger partial charge in [-0.3, -0.25) is 43.2 Å². The van der Waals surface area contributed by atoms with E-state index in [1.807, 2.05) is 43.3 Å². The monoisotopic (exact) mass is 997 g/mol. The molecule has 0 aliphatic carbocycles. The Balaban J connectivity index is 2.71. The fourth-order valence-corrected chi connectivity index (χ4v) is 7.08. The molecule has 1 saturated heterocycles. The van der Waals surface area contributed by atoms with Gasteiger partial charge in [0.1, 0.15) is 30.2 Å². The van der Waals surface area contributed by atoms with Crippen LogP contribution in [0, 0.1) is 17.8 Å². The van der Waals surface area contributed by atoms with Gasteiger partial charge in [0, 0.05) is 32.3 Å². The molecule has 1 fully saturated rings. The smallest absolute Gasteiger partial charge is 0.327 e. The third-order valence-corrected chi connectivity index (χ3v) is 11.6. The van der Waals surface area contributed by atoms with Crippen molar-refractivity contribution in [3.63, 3.8) is 0 Å². The van der Waals surface area contributed by atoms with E-state index >= 15 is 0 Å². The van der Waals surface area contributed by atoms with Crippen LogP contribution in [0.25, 0.3) is 0 Å². The number of esters is 2. The van der Waals surface area contributed by atoms with E-state index in [-0.39, 0.29) is 12.0 Å². The number of carboxylic acid groups (broad SMARTS) is 2. The molecule has 9 N–H and O–H groups in total. The Labute approximate surface area is 411 Å². The van der Waals surface area contributed by atoms with Crippen LogP contribution >= 0.6 is 0 Å². The van der Waals surface area contributed by atoms with Crippen LogP contribution in [0.1, 0.15) is 78.7 Å². The van der Waals surface area contributed by atoms with Gasteiger partial charge in [-0.15, -0.1) is 0 Å². The number of ether oxygens (including phenoxy) is 3. The summed E-state index contributed by atoms with van der Waals surface area (Å²) in [6.45, 7) is 10.9. The normalized spacial score (nSPS) is 25.0. The van der Waals surface area contributed by atoms with Crippen molar-refractivity contribution in [1.82, 2.24) is 37.2 Å². The molecule has 0 radical (unpaired) electrons. The Morgan fingerprint density at radius 1 is 0.732 bits per heavy atom. The first-order chi connectivity index (χ1) is 33.4. The van der Waals surface area contributed by atoms with E-state index in [9.17, 15) is 63.0 Å². The third kappa shape index (κ3) is 20.2. The Hall–Kier alpha value is -7.43. The number of allylic oxidation sites excluding steroid dienone is 2. The summed E-state index contributed by atoms with van der Waals surface area (Å²) < 4.78 is 15.1. The summed E-state index contributed by atoms with van der Waals surface area (Å²) in [6, 6.07) is -0.0328. The van der Waals surface area contributed by atoms with Crippen molar-refractivity contribution in [2.24, 2.45) is 17.8 Å². The Morgan fingerprint density at radius 2 is 1.28 bits per heavy atom. The van der Waals surface area contributed by atoms with Crippen LogP contribution in [-0.2, 0) is 73.4 Å². The molecule has 1 aromatic carbocycles. The predicted molar refractivity (Wildman–Crippen MR) is 253 cm³/mol. The number of rotatable bonds is 15. The van der Waals surface area contributed by atoms with Gasteiger partial charge in [0.05, 0.1) is 43.9 Å². The maximum atomic E-state index is 14.3. The van der Waals surface area contributed by atoms with E-state index in [0.29, 0.717) is 12.0 Å². The van der Waals surface area contributed by atoms with Gasteiger partial charge in [-0.25, -0.2) is 9.59 Å². The number of hydrogen-bond donors (Lipinski definition) is 9. The van der Waals surface area contributed by atoms with E-state index < -0.39 is 158 Å². The van der Waals surface area contributed by atoms with Crippen LogP contribution in [0.3, 0.4) is 0 Å². The lowest BCUT2D eigenvalue weighted by atomic mass is 9.94. The lowest BCUT2D eigenvalue weighted by molar-refractivity contribution is -0.147. The third-order valence-electron chi connectivity index (χ3n) is 11.6. The molecule has 71 heavy (non-hydrogen) atoms. The van der Waals surface area contributed by atoms with Gasteiger partial charge in [-0.2, -0.15) is 0 Å². The molecule has 390 valence electrons. The summed E-state index contributed by atoms with van der Waals surface area (Å²) in [7, 11) is 3.74. The molecule has 0 unspecified atom stereocenters. The molecule has 23 heteroatoms. The van der Waals surface area contributed by atoms with Crippen LogP contribution in [0.5, 0.6) is 0 Å². The van der Waals surface area contributed by atoms with Crippen molar-refractivity contribution in [2.75, 3.05) is 21.3 Å². The summed E-state index contributed by atoms with van der Waals surface area (Å²) >= 11 is 0. The molecular weight excluding hydrogens is 931 g/mol. The molecule has 23 nitrogen and oxygen atoms in total. The number of nitrogens with one attached hydrogen (secondary N) is 7. The fourth-order valence-electron chi connectivity index (χ4n) is 7.08. The number of carbonyl (C=O) groups is 11. The number of carbonyl (C=O) groups excluding carboxylic acids is 9. The Kier molecular flexibility index (Phi) is 24.9. The van der Waals surface area contributed by atoms with Gasteiger partial charge < -0.3 is 61.6 Å². The quantitative estimate of drug-likeness (QED) is 0.0638. The van der Waals surface area contributed by atoms with E-state index in [2.05, 4.69) is 48.5 Å². The van der Waals surface area contributed by atoms with Crippen LogP contribution in [0.15, 0.2) is 66.4 Å². The largest absolute Gasteiger partial charge is 0.480 e. The van der Waals surface area contributed by atoms with Gasteiger partial charge in [-0.05, 0) is 45.1 Å². The van der Waals surface area contributed by atoms with Crippen LogP contribution in [0.2, 0.25) is 0 Å². The first-order valence-corrected chi connectivity index (χ1v) is 22.8.